The third-order valence-electron chi connectivity index (χ3n) is 6.61. The van der Waals surface area contributed by atoms with E-state index in [0.717, 1.165) is 38.5 Å². The SMILES string of the molecule is O=C(NC1CCCC1)NC1CCC(NC(=O)O[C@@H]2CCN(c3cn[nH]c(=O)c3Cl)C2)CC1. The van der Waals surface area contributed by atoms with Crippen LogP contribution in [0.3, 0.4) is 0 Å². The molecule has 3 fully saturated rings. The van der Waals surface area contributed by atoms with E-state index in [9.17, 15) is 14.4 Å². The van der Waals surface area contributed by atoms with E-state index in [0.29, 0.717) is 31.2 Å². The van der Waals surface area contributed by atoms with Crippen LogP contribution in [0.15, 0.2) is 11.0 Å². The third kappa shape index (κ3) is 5.85. The molecule has 1 aromatic heterocycles. The van der Waals surface area contributed by atoms with E-state index >= 15 is 0 Å². The number of hydrogen-bond acceptors (Lipinski definition) is 6. The van der Waals surface area contributed by atoms with Crippen molar-refractivity contribution in [3.8, 4) is 0 Å². The largest absolute Gasteiger partial charge is 0.444 e. The molecule has 2 saturated carbocycles. The minimum Gasteiger partial charge on any atom is -0.444 e. The number of nitrogens with zero attached hydrogens (tertiary/aromatic N) is 2. The predicted octanol–water partition coefficient (Wildman–Crippen LogP) is 2.28. The van der Waals surface area contributed by atoms with Crippen LogP contribution in [0.25, 0.3) is 0 Å². The quantitative estimate of drug-likeness (QED) is 0.527. The first kappa shape index (κ1) is 22.7. The van der Waals surface area contributed by atoms with Crippen molar-refractivity contribution in [2.75, 3.05) is 18.0 Å². The molecule has 4 rings (SSSR count). The van der Waals surface area contributed by atoms with Gasteiger partial charge in [-0.25, -0.2) is 14.7 Å². The molecule has 0 aromatic carbocycles. The molecule has 1 atom stereocenters. The lowest BCUT2D eigenvalue weighted by molar-refractivity contribution is 0.102. The number of anilines is 1. The number of aromatic amines is 1. The molecule has 0 radical (unpaired) electrons. The number of H-pyrrole nitrogens is 1. The molecule has 2 heterocycles. The van der Waals surface area contributed by atoms with E-state index in [4.69, 9.17) is 16.3 Å². The summed E-state index contributed by atoms with van der Waals surface area (Å²) < 4.78 is 5.58. The molecule has 3 amide bonds. The summed E-state index contributed by atoms with van der Waals surface area (Å²) in [6.07, 6.45) is 9.23. The second-order valence-electron chi connectivity index (χ2n) is 8.95. The number of rotatable bonds is 5. The zero-order valence-electron chi connectivity index (χ0n) is 18.1. The van der Waals surface area contributed by atoms with Gasteiger partial charge >= 0.3 is 12.1 Å². The van der Waals surface area contributed by atoms with Crippen LogP contribution in [0.5, 0.6) is 0 Å². The van der Waals surface area contributed by atoms with Gasteiger partial charge < -0.3 is 25.6 Å². The van der Waals surface area contributed by atoms with Gasteiger partial charge in [0.15, 0.2) is 0 Å². The van der Waals surface area contributed by atoms with Gasteiger partial charge in [-0.1, -0.05) is 24.4 Å². The van der Waals surface area contributed by atoms with Crippen LogP contribution < -0.4 is 26.4 Å². The van der Waals surface area contributed by atoms with Crippen molar-refractivity contribution in [2.45, 2.75) is 82.0 Å². The maximum Gasteiger partial charge on any atom is 0.407 e. The van der Waals surface area contributed by atoms with Gasteiger partial charge in [-0.15, -0.1) is 0 Å². The summed E-state index contributed by atoms with van der Waals surface area (Å²) >= 11 is 6.07. The number of aromatic nitrogens is 2. The maximum atomic E-state index is 12.4. The molecule has 0 bridgehead atoms. The Morgan fingerprint density at radius 1 is 1.00 bits per heavy atom. The molecule has 2 aliphatic carbocycles. The molecular weight excluding hydrogens is 436 g/mol. The summed E-state index contributed by atoms with van der Waals surface area (Å²) in [5, 5.41) is 15.3. The standard InChI is InChI=1S/C21H31ClN6O4/c22-18-17(11-23-27-19(18)29)28-10-9-16(12-28)32-21(31)26-15-7-5-14(6-8-15)25-20(30)24-13-3-1-2-4-13/h11,13-16H,1-10,12H2,(H,26,31)(H,27,29)(H2,24,25,30)/t14?,15?,16-/m1/s1. The Balaban J connectivity index is 1.15. The molecule has 1 aliphatic heterocycles. The topological polar surface area (TPSA) is 128 Å². The fourth-order valence-electron chi connectivity index (χ4n) is 4.85. The smallest absolute Gasteiger partial charge is 0.407 e. The molecule has 11 heteroatoms. The second kappa shape index (κ2) is 10.4. The molecule has 3 aliphatic rings. The molecule has 4 N–H and O–H groups in total. The number of hydrogen-bond donors (Lipinski definition) is 4. The highest BCUT2D eigenvalue weighted by Gasteiger charge is 2.30. The molecule has 0 unspecified atom stereocenters. The lowest BCUT2D eigenvalue weighted by atomic mass is 9.91. The van der Waals surface area contributed by atoms with E-state index in [1.165, 1.54) is 19.0 Å². The van der Waals surface area contributed by atoms with Crippen molar-refractivity contribution in [2.24, 2.45) is 0 Å². The zero-order valence-corrected chi connectivity index (χ0v) is 18.8. The van der Waals surface area contributed by atoms with E-state index < -0.39 is 11.7 Å². The van der Waals surface area contributed by atoms with Crippen molar-refractivity contribution < 1.29 is 14.3 Å². The van der Waals surface area contributed by atoms with E-state index in [2.05, 4.69) is 26.1 Å². The average molecular weight is 467 g/mol. The molecule has 10 nitrogen and oxygen atoms in total. The van der Waals surface area contributed by atoms with Gasteiger partial charge in [-0.2, -0.15) is 5.10 Å². The van der Waals surface area contributed by atoms with Crippen molar-refractivity contribution in [1.82, 2.24) is 26.1 Å². The van der Waals surface area contributed by atoms with Gasteiger partial charge in [0.05, 0.1) is 18.4 Å². The number of alkyl carbamates (subject to hydrolysis) is 1. The lowest BCUT2D eigenvalue weighted by Gasteiger charge is -2.30. The highest BCUT2D eigenvalue weighted by Crippen LogP contribution is 2.26. The molecule has 1 aromatic rings. The monoisotopic (exact) mass is 466 g/mol. The minimum absolute atomic E-state index is 0.0438. The Morgan fingerprint density at radius 3 is 2.31 bits per heavy atom. The highest BCUT2D eigenvalue weighted by molar-refractivity contribution is 6.33. The van der Waals surface area contributed by atoms with Gasteiger partial charge in [-0.05, 0) is 38.5 Å². The summed E-state index contributed by atoms with van der Waals surface area (Å²) in [5.74, 6) is 0. The summed E-state index contributed by atoms with van der Waals surface area (Å²) in [7, 11) is 0. The average Bonchev–Trinajstić information content (AvgIpc) is 3.44. The normalized spacial score (nSPS) is 26.0. The third-order valence-corrected chi connectivity index (χ3v) is 6.98. The Bertz CT molecular complexity index is 866. The van der Waals surface area contributed by atoms with Gasteiger partial charge in [-0.3, -0.25) is 4.79 Å². The fraction of sp³-hybridized carbons (Fsp3) is 0.714. The Labute approximate surface area is 191 Å². The van der Waals surface area contributed by atoms with Crippen molar-refractivity contribution >= 4 is 29.4 Å². The minimum atomic E-state index is -0.438. The van der Waals surface area contributed by atoms with Crippen molar-refractivity contribution in [1.29, 1.82) is 0 Å². The molecule has 32 heavy (non-hydrogen) atoms. The van der Waals surface area contributed by atoms with Gasteiger partial charge in [0.1, 0.15) is 11.1 Å². The summed E-state index contributed by atoms with van der Waals surface area (Å²) in [4.78, 5) is 38.0. The van der Waals surface area contributed by atoms with Gasteiger partial charge in [0, 0.05) is 31.1 Å². The molecule has 0 spiro atoms. The fourth-order valence-corrected chi connectivity index (χ4v) is 5.07. The summed E-state index contributed by atoms with van der Waals surface area (Å²) in [5.41, 5.74) is 0.108. The molecule has 1 saturated heterocycles. The van der Waals surface area contributed by atoms with Gasteiger partial charge in [0.2, 0.25) is 0 Å². The van der Waals surface area contributed by atoms with Crippen LogP contribution in [0.1, 0.15) is 57.8 Å². The number of ether oxygens (including phenoxy) is 1. The first-order chi connectivity index (χ1) is 15.5. The number of carbonyl (C=O) groups excluding carboxylic acids is 2. The van der Waals surface area contributed by atoms with E-state index in [-0.39, 0.29) is 29.2 Å². The summed E-state index contributed by atoms with van der Waals surface area (Å²) in [6.45, 7) is 1.09. The van der Waals surface area contributed by atoms with Crippen LogP contribution in [-0.2, 0) is 4.74 Å². The number of urea groups is 1. The van der Waals surface area contributed by atoms with Crippen LogP contribution in [0, 0.1) is 0 Å². The number of amides is 3. The van der Waals surface area contributed by atoms with Crippen LogP contribution in [-0.4, -0.2) is 59.6 Å². The Hall–Kier alpha value is -2.49. The van der Waals surface area contributed by atoms with Crippen molar-refractivity contribution in [3.05, 3.63) is 21.6 Å². The lowest BCUT2D eigenvalue weighted by Crippen LogP contribution is -2.48. The Morgan fingerprint density at radius 2 is 1.62 bits per heavy atom. The number of nitrogens with one attached hydrogen (secondary N) is 4. The van der Waals surface area contributed by atoms with E-state index in [1.807, 2.05) is 4.90 Å². The zero-order chi connectivity index (χ0) is 22.5. The highest BCUT2D eigenvalue weighted by atomic mass is 35.5. The first-order valence-electron chi connectivity index (χ1n) is 11.5. The van der Waals surface area contributed by atoms with E-state index in [1.54, 1.807) is 0 Å². The predicted molar refractivity (Wildman–Crippen MR) is 120 cm³/mol. The number of carbonyl (C=O) groups is 2. The van der Waals surface area contributed by atoms with Crippen LogP contribution in [0.4, 0.5) is 15.3 Å². The Kier molecular flexibility index (Phi) is 7.39. The van der Waals surface area contributed by atoms with Gasteiger partial charge in [0.25, 0.3) is 5.56 Å². The van der Waals surface area contributed by atoms with Crippen LogP contribution in [0.2, 0.25) is 5.02 Å². The van der Waals surface area contributed by atoms with Crippen LogP contribution >= 0.6 is 11.6 Å². The van der Waals surface area contributed by atoms with Crippen molar-refractivity contribution in [3.63, 3.8) is 0 Å². The molecular formula is C21H31ClN6O4. The molecule has 176 valence electrons. The number of halogens is 1. The maximum absolute atomic E-state index is 12.4. The first-order valence-corrected chi connectivity index (χ1v) is 11.9. The summed E-state index contributed by atoms with van der Waals surface area (Å²) in [6, 6.07) is 0.418. The second-order valence-corrected chi connectivity index (χ2v) is 9.33.